The summed E-state index contributed by atoms with van der Waals surface area (Å²) in [5.41, 5.74) is 8.87. The van der Waals surface area contributed by atoms with E-state index in [1.54, 1.807) is 49.9 Å². The van der Waals surface area contributed by atoms with E-state index in [0.29, 0.717) is 41.6 Å². The molecule has 3 N–H and O–H groups in total. The number of piperidine rings is 1. The highest BCUT2D eigenvalue weighted by Gasteiger charge is 2.31. The lowest BCUT2D eigenvalue weighted by Crippen LogP contribution is -2.38. The molecule has 0 spiro atoms. The van der Waals surface area contributed by atoms with Crippen molar-refractivity contribution in [2.45, 2.75) is 25.3 Å². The molecule has 5 rings (SSSR count). The third-order valence-corrected chi connectivity index (χ3v) is 6.46. The molecule has 0 saturated carbocycles. The fraction of sp³-hybridized carbons (Fsp3) is 0.259. The number of amides is 2. The van der Waals surface area contributed by atoms with E-state index in [2.05, 4.69) is 20.3 Å². The zero-order valence-corrected chi connectivity index (χ0v) is 20.9. The predicted octanol–water partition coefficient (Wildman–Crippen LogP) is 3.28. The highest BCUT2D eigenvalue weighted by atomic mass is 16.5. The van der Waals surface area contributed by atoms with Gasteiger partial charge in [-0.2, -0.15) is 0 Å². The fourth-order valence-electron chi connectivity index (χ4n) is 4.66. The van der Waals surface area contributed by atoms with Crippen molar-refractivity contribution >= 4 is 29.0 Å². The zero-order valence-electron chi connectivity index (χ0n) is 20.9. The van der Waals surface area contributed by atoms with Crippen molar-refractivity contribution < 1.29 is 14.3 Å². The van der Waals surface area contributed by atoms with Crippen LogP contribution in [0.15, 0.2) is 67.4 Å². The van der Waals surface area contributed by atoms with E-state index in [0.717, 1.165) is 30.7 Å². The van der Waals surface area contributed by atoms with Gasteiger partial charge >= 0.3 is 0 Å². The van der Waals surface area contributed by atoms with Crippen molar-refractivity contribution in [2.24, 2.45) is 0 Å². The number of fused-ring (bicyclic) bond motifs is 1. The molecule has 4 aromatic rings. The van der Waals surface area contributed by atoms with E-state index in [9.17, 15) is 9.59 Å². The summed E-state index contributed by atoms with van der Waals surface area (Å²) in [6.45, 7) is 1.01. The third-order valence-electron chi connectivity index (χ3n) is 6.46. The Morgan fingerprint density at radius 1 is 1.16 bits per heavy atom. The van der Waals surface area contributed by atoms with E-state index in [1.165, 1.54) is 6.33 Å². The van der Waals surface area contributed by atoms with E-state index in [-0.39, 0.29) is 17.9 Å². The first-order valence-corrected chi connectivity index (χ1v) is 12.3. The predicted molar refractivity (Wildman–Crippen MR) is 142 cm³/mol. The summed E-state index contributed by atoms with van der Waals surface area (Å²) in [5.74, 6) is 1.11. The number of likely N-dealkylation sites (tertiary alicyclic amines) is 1. The van der Waals surface area contributed by atoms with Crippen LogP contribution in [0.3, 0.4) is 0 Å². The number of ether oxygens (including phenoxy) is 1. The number of benzene rings is 1. The van der Waals surface area contributed by atoms with E-state index < -0.39 is 0 Å². The maximum Gasteiger partial charge on any atom is 0.256 e. The molecule has 0 aliphatic carbocycles. The SMILES string of the molecule is COC/C=C/C(=O)N1CCCC[C@H]1c1nc(-c2ccc(C(=O)Nc3ccncn3)cc2)c2c(N)nccn12. The minimum absolute atomic E-state index is 0.0777. The molecule has 11 nitrogen and oxygen atoms in total. The molecule has 2 amide bonds. The molecule has 1 saturated heterocycles. The Morgan fingerprint density at radius 2 is 2.00 bits per heavy atom. The first-order chi connectivity index (χ1) is 18.6. The van der Waals surface area contributed by atoms with Crippen LogP contribution < -0.4 is 11.1 Å². The standard InChI is InChI=1S/C27H28N8O3/c1-38-16-4-6-22(36)34-14-3-2-5-20(34)26-33-23(24-25(28)30-13-15-35(24)26)18-7-9-19(10-8-18)27(37)32-21-11-12-29-17-31-21/h4,6-13,15,17,20H,2-3,5,14,16H2,1H3,(H2,28,30)(H,29,31,32,37)/b6-4+/t20-/m0/s1. The molecule has 3 aromatic heterocycles. The lowest BCUT2D eigenvalue weighted by molar-refractivity contribution is -0.130. The first-order valence-electron chi connectivity index (χ1n) is 12.3. The van der Waals surface area contributed by atoms with Crippen LogP contribution in [0.4, 0.5) is 11.6 Å². The van der Waals surface area contributed by atoms with Crippen LogP contribution in [0.2, 0.25) is 0 Å². The number of nitrogens with two attached hydrogens (primary N) is 1. The average molecular weight is 513 g/mol. The van der Waals surface area contributed by atoms with Crippen LogP contribution in [0, 0.1) is 0 Å². The summed E-state index contributed by atoms with van der Waals surface area (Å²) in [7, 11) is 1.59. The van der Waals surface area contributed by atoms with E-state index >= 15 is 0 Å². The zero-order chi connectivity index (χ0) is 26.5. The summed E-state index contributed by atoms with van der Waals surface area (Å²) in [6, 6.07) is 8.49. The number of nitrogens with zero attached hydrogens (tertiary/aromatic N) is 6. The maximum atomic E-state index is 13.0. The molecule has 1 aliphatic heterocycles. The first kappa shape index (κ1) is 25.0. The molecule has 11 heteroatoms. The summed E-state index contributed by atoms with van der Waals surface area (Å²) < 4.78 is 6.96. The summed E-state index contributed by atoms with van der Waals surface area (Å²) in [5, 5.41) is 2.75. The van der Waals surface area contributed by atoms with Crippen molar-refractivity contribution in [2.75, 3.05) is 31.3 Å². The number of aromatic nitrogens is 5. The molecular weight excluding hydrogens is 484 g/mol. The molecular formula is C27H28N8O3. The smallest absolute Gasteiger partial charge is 0.256 e. The molecule has 1 atom stereocenters. The van der Waals surface area contributed by atoms with Crippen LogP contribution in [0.25, 0.3) is 16.8 Å². The van der Waals surface area contributed by atoms with Gasteiger partial charge in [0, 0.05) is 49.4 Å². The van der Waals surface area contributed by atoms with Crippen LogP contribution in [-0.2, 0) is 9.53 Å². The van der Waals surface area contributed by atoms with Gasteiger partial charge in [0.05, 0.1) is 12.6 Å². The molecule has 1 aromatic carbocycles. The van der Waals surface area contributed by atoms with Crippen LogP contribution >= 0.6 is 0 Å². The van der Waals surface area contributed by atoms with Gasteiger partial charge in [-0.05, 0) is 37.5 Å². The van der Waals surface area contributed by atoms with Crippen molar-refractivity contribution in [1.82, 2.24) is 29.2 Å². The minimum Gasteiger partial charge on any atom is -0.382 e. The Labute approximate surface area is 219 Å². The van der Waals surface area contributed by atoms with Gasteiger partial charge in [-0.25, -0.2) is 19.9 Å². The molecule has 0 unspecified atom stereocenters. The number of hydrogen-bond acceptors (Lipinski definition) is 8. The van der Waals surface area contributed by atoms with Gasteiger partial charge in [-0.1, -0.05) is 18.2 Å². The van der Waals surface area contributed by atoms with Gasteiger partial charge in [0.15, 0.2) is 0 Å². The Balaban J connectivity index is 1.48. The van der Waals surface area contributed by atoms with Gasteiger partial charge in [0.1, 0.15) is 35.0 Å². The van der Waals surface area contributed by atoms with Gasteiger partial charge in [0.2, 0.25) is 5.91 Å². The normalized spacial score (nSPS) is 15.7. The Bertz CT molecular complexity index is 1470. The van der Waals surface area contributed by atoms with Gasteiger partial charge in [-0.3, -0.25) is 14.0 Å². The Hall–Kier alpha value is -4.64. The number of nitrogens with one attached hydrogen (secondary N) is 1. The van der Waals surface area contributed by atoms with E-state index in [1.807, 2.05) is 27.6 Å². The van der Waals surface area contributed by atoms with Gasteiger partial charge in [0.25, 0.3) is 5.91 Å². The molecule has 0 bridgehead atoms. The number of anilines is 2. The number of methoxy groups -OCH3 is 1. The fourth-order valence-corrected chi connectivity index (χ4v) is 4.66. The monoisotopic (exact) mass is 512 g/mol. The quantitative estimate of drug-likeness (QED) is 0.360. The van der Waals surface area contributed by atoms with Crippen molar-refractivity contribution in [3.63, 3.8) is 0 Å². The van der Waals surface area contributed by atoms with Crippen molar-refractivity contribution in [3.8, 4) is 11.3 Å². The number of carbonyl (C=O) groups is 2. The minimum atomic E-state index is -0.287. The van der Waals surface area contributed by atoms with Crippen LogP contribution in [0.1, 0.15) is 41.5 Å². The Morgan fingerprint density at radius 3 is 2.76 bits per heavy atom. The number of nitrogen functional groups attached to an aromatic ring is 1. The molecule has 194 valence electrons. The van der Waals surface area contributed by atoms with Crippen molar-refractivity contribution in [1.29, 1.82) is 0 Å². The van der Waals surface area contributed by atoms with Gasteiger partial charge < -0.3 is 20.7 Å². The molecule has 0 radical (unpaired) electrons. The van der Waals surface area contributed by atoms with E-state index in [4.69, 9.17) is 15.5 Å². The lowest BCUT2D eigenvalue weighted by Gasteiger charge is -2.34. The number of rotatable bonds is 7. The largest absolute Gasteiger partial charge is 0.382 e. The Kier molecular flexibility index (Phi) is 7.36. The lowest BCUT2D eigenvalue weighted by atomic mass is 10.0. The van der Waals surface area contributed by atoms with Crippen LogP contribution in [0.5, 0.6) is 0 Å². The molecule has 4 heterocycles. The second-order valence-electron chi connectivity index (χ2n) is 8.88. The highest BCUT2D eigenvalue weighted by molar-refractivity contribution is 6.04. The number of carbonyl (C=O) groups excluding carboxylic acids is 2. The summed E-state index contributed by atoms with van der Waals surface area (Å²) in [6.07, 6.45) is 12.3. The third kappa shape index (κ3) is 5.09. The molecule has 38 heavy (non-hydrogen) atoms. The topological polar surface area (TPSA) is 141 Å². The summed E-state index contributed by atoms with van der Waals surface area (Å²) >= 11 is 0. The molecule has 1 fully saturated rings. The molecule has 1 aliphatic rings. The highest BCUT2D eigenvalue weighted by Crippen LogP contribution is 2.36. The number of hydrogen-bond donors (Lipinski definition) is 2. The second kappa shape index (κ2) is 11.2. The van der Waals surface area contributed by atoms with Gasteiger partial charge in [-0.15, -0.1) is 0 Å². The second-order valence-corrected chi connectivity index (χ2v) is 8.88. The number of imidazole rings is 1. The van der Waals surface area contributed by atoms with Crippen molar-refractivity contribution in [3.05, 3.63) is 78.8 Å². The van der Waals surface area contributed by atoms with Crippen LogP contribution in [-0.4, -0.2) is 61.3 Å². The average Bonchev–Trinajstić information content (AvgIpc) is 3.34. The maximum absolute atomic E-state index is 13.0. The summed E-state index contributed by atoms with van der Waals surface area (Å²) in [4.78, 5) is 44.7.